The fourth-order valence-corrected chi connectivity index (χ4v) is 5.03. The van der Waals surface area contributed by atoms with Crippen LogP contribution >= 0.6 is 0 Å². The fourth-order valence-electron chi connectivity index (χ4n) is 5.03. The van der Waals surface area contributed by atoms with Gasteiger partial charge in [-0.1, -0.05) is 18.2 Å². The predicted molar refractivity (Wildman–Crippen MR) is 138 cm³/mol. The van der Waals surface area contributed by atoms with Crippen molar-refractivity contribution >= 4 is 28.8 Å². The van der Waals surface area contributed by atoms with Crippen LogP contribution in [0.5, 0.6) is 5.75 Å². The number of hydroxylamine groups is 1. The lowest BCUT2D eigenvalue weighted by Gasteiger charge is -2.30. The number of phenolic OH excluding ortho intramolecular Hbond substituents is 1. The Hall–Kier alpha value is -4.43. The molecule has 5 rings (SSSR count). The van der Waals surface area contributed by atoms with Gasteiger partial charge in [0.25, 0.3) is 11.8 Å². The van der Waals surface area contributed by atoms with Gasteiger partial charge < -0.3 is 15.0 Å². The Bertz CT molecular complexity index is 1490. The number of benzene rings is 3. The van der Waals surface area contributed by atoms with E-state index in [-0.39, 0.29) is 23.5 Å². The molecule has 1 aromatic heterocycles. The van der Waals surface area contributed by atoms with E-state index in [9.17, 15) is 19.1 Å². The maximum absolute atomic E-state index is 13.7. The van der Waals surface area contributed by atoms with Crippen LogP contribution < -0.4 is 5.48 Å². The lowest BCUT2D eigenvalue weighted by Crippen LogP contribution is -2.35. The average Bonchev–Trinajstić information content (AvgIpc) is 3.51. The monoisotopic (exact) mass is 499 g/mol. The molecule has 0 fully saturated rings. The van der Waals surface area contributed by atoms with Gasteiger partial charge in [-0.25, -0.2) is 9.87 Å². The Labute approximate surface area is 212 Å². The summed E-state index contributed by atoms with van der Waals surface area (Å²) in [5.41, 5.74) is 6.75. The molecule has 1 heterocycles. The topological polar surface area (TPSA) is 106 Å². The number of amides is 2. The molecule has 37 heavy (non-hydrogen) atoms. The van der Waals surface area contributed by atoms with Crippen molar-refractivity contribution in [1.82, 2.24) is 15.4 Å². The maximum atomic E-state index is 13.7. The second-order valence-corrected chi connectivity index (χ2v) is 9.12. The number of fused-ring (bicyclic) bond motifs is 2. The number of hydrogen-bond acceptors (Lipinski definition) is 4. The molecule has 8 heteroatoms. The van der Waals surface area contributed by atoms with Crippen molar-refractivity contribution in [1.29, 1.82) is 0 Å². The molecule has 0 spiro atoms. The molecule has 0 radical (unpaired) electrons. The number of phenols is 1. The molecule has 1 aliphatic rings. The molecule has 4 aromatic rings. The third-order valence-electron chi connectivity index (χ3n) is 6.85. The van der Waals surface area contributed by atoms with Crippen molar-refractivity contribution in [3.63, 3.8) is 0 Å². The van der Waals surface area contributed by atoms with Crippen molar-refractivity contribution in [2.45, 2.75) is 25.3 Å². The van der Waals surface area contributed by atoms with E-state index in [1.807, 2.05) is 29.3 Å². The summed E-state index contributed by atoms with van der Waals surface area (Å²) in [6, 6.07) is 16.6. The smallest absolute Gasteiger partial charge is 0.267 e. The largest absolute Gasteiger partial charge is 0.508 e. The van der Waals surface area contributed by atoms with Gasteiger partial charge >= 0.3 is 0 Å². The zero-order valence-electron chi connectivity index (χ0n) is 19.9. The third-order valence-corrected chi connectivity index (χ3v) is 6.85. The Morgan fingerprint density at radius 2 is 1.92 bits per heavy atom. The number of aromatic nitrogens is 1. The molecule has 1 unspecified atom stereocenters. The first-order valence-corrected chi connectivity index (χ1v) is 12.0. The number of hydrogen-bond donors (Lipinski definition) is 4. The lowest BCUT2D eigenvalue weighted by atomic mass is 10.0. The molecule has 0 bridgehead atoms. The Morgan fingerprint density at radius 3 is 2.70 bits per heavy atom. The molecule has 188 valence electrons. The van der Waals surface area contributed by atoms with Crippen LogP contribution in [0.15, 0.2) is 72.9 Å². The zero-order valence-corrected chi connectivity index (χ0v) is 19.9. The highest BCUT2D eigenvalue weighted by Crippen LogP contribution is 2.37. The van der Waals surface area contributed by atoms with Crippen LogP contribution in [-0.2, 0) is 17.6 Å². The maximum Gasteiger partial charge on any atom is 0.267 e. The van der Waals surface area contributed by atoms with Crippen LogP contribution in [0.25, 0.3) is 17.0 Å². The summed E-state index contributed by atoms with van der Waals surface area (Å²) in [6.07, 6.45) is 6.85. The number of halogens is 1. The second-order valence-electron chi connectivity index (χ2n) is 9.12. The molecule has 1 atom stereocenters. The van der Waals surface area contributed by atoms with E-state index in [4.69, 9.17) is 5.21 Å². The van der Waals surface area contributed by atoms with E-state index in [1.54, 1.807) is 29.8 Å². The third kappa shape index (κ3) is 5.10. The minimum absolute atomic E-state index is 0.0933. The Kier molecular flexibility index (Phi) is 6.74. The summed E-state index contributed by atoms with van der Waals surface area (Å²) < 4.78 is 13.6. The Balaban J connectivity index is 1.44. The van der Waals surface area contributed by atoms with Crippen LogP contribution in [0, 0.1) is 5.82 Å². The summed E-state index contributed by atoms with van der Waals surface area (Å²) >= 11 is 0. The molecule has 0 saturated heterocycles. The molecule has 0 saturated carbocycles. The number of carbonyl (C=O) groups excluding carboxylic acids is 2. The highest BCUT2D eigenvalue weighted by molar-refractivity contribution is 5.95. The van der Waals surface area contributed by atoms with E-state index in [2.05, 4.69) is 4.98 Å². The predicted octanol–water partition coefficient (Wildman–Crippen LogP) is 4.90. The summed E-state index contributed by atoms with van der Waals surface area (Å²) in [5.74, 6) is -0.953. The van der Waals surface area contributed by atoms with Crippen LogP contribution in [-0.4, -0.2) is 38.6 Å². The number of aromatic hydroxyl groups is 1. The van der Waals surface area contributed by atoms with Gasteiger partial charge in [-0.3, -0.25) is 14.8 Å². The van der Waals surface area contributed by atoms with Gasteiger partial charge in [0.05, 0.1) is 6.04 Å². The minimum Gasteiger partial charge on any atom is -0.508 e. The highest BCUT2D eigenvalue weighted by Gasteiger charge is 2.31. The molecule has 0 aliphatic heterocycles. The Morgan fingerprint density at radius 1 is 1.11 bits per heavy atom. The van der Waals surface area contributed by atoms with Gasteiger partial charge in [-0.15, -0.1) is 0 Å². The van der Waals surface area contributed by atoms with Gasteiger partial charge in [-0.05, 0) is 90.1 Å². The number of aromatic amines is 1. The summed E-state index contributed by atoms with van der Waals surface area (Å²) in [7, 11) is 0. The molecular formula is C29H26FN3O4. The number of carbonyl (C=O) groups is 2. The van der Waals surface area contributed by atoms with Crippen molar-refractivity contribution < 1.29 is 24.3 Å². The quantitative estimate of drug-likeness (QED) is 0.165. The summed E-state index contributed by atoms with van der Waals surface area (Å²) in [4.78, 5) is 30.0. The summed E-state index contributed by atoms with van der Waals surface area (Å²) in [5, 5.41) is 19.3. The van der Waals surface area contributed by atoms with Crippen LogP contribution in [0.3, 0.4) is 0 Å². The molecule has 3 aromatic carbocycles. The van der Waals surface area contributed by atoms with E-state index in [0.29, 0.717) is 24.0 Å². The van der Waals surface area contributed by atoms with Gasteiger partial charge in [0.1, 0.15) is 11.6 Å². The molecule has 4 N–H and O–H groups in total. The number of nitrogens with zero attached hydrogens (tertiary/aromatic N) is 1. The molecule has 2 amide bonds. The number of nitrogens with one attached hydrogen (secondary N) is 2. The first-order chi connectivity index (χ1) is 17.9. The highest BCUT2D eigenvalue weighted by atomic mass is 19.1. The van der Waals surface area contributed by atoms with Crippen LogP contribution in [0.1, 0.15) is 45.1 Å². The molecule has 1 aliphatic carbocycles. The molecule has 7 nitrogen and oxygen atoms in total. The van der Waals surface area contributed by atoms with Gasteiger partial charge in [-0.2, -0.15) is 0 Å². The van der Waals surface area contributed by atoms with Crippen LogP contribution in [0.2, 0.25) is 0 Å². The van der Waals surface area contributed by atoms with Gasteiger partial charge in [0.15, 0.2) is 0 Å². The standard InChI is InChI=1S/C29H26FN3O4/c30-22-6-10-24-21(17-31-26(24)16-22)13-14-33(29(36)19-3-7-23(34)8-4-19)27-11-5-20-15-18(1-9-25(20)27)2-12-28(35)32-37/h1-4,6-10,12,15-17,27,31,34,37H,5,11,13-14H2,(H,32,35). The zero-order chi connectivity index (χ0) is 25.9. The van der Waals surface area contributed by atoms with Crippen molar-refractivity contribution in [3.8, 4) is 5.75 Å². The summed E-state index contributed by atoms with van der Waals surface area (Å²) in [6.45, 7) is 0.451. The number of rotatable bonds is 7. The first kappa shape index (κ1) is 24.3. The van der Waals surface area contributed by atoms with Crippen molar-refractivity contribution in [2.24, 2.45) is 0 Å². The number of H-pyrrole nitrogens is 1. The van der Waals surface area contributed by atoms with Gasteiger partial charge in [0.2, 0.25) is 0 Å². The van der Waals surface area contributed by atoms with Gasteiger partial charge in [0, 0.05) is 35.3 Å². The van der Waals surface area contributed by atoms with E-state index >= 15 is 0 Å². The fraction of sp³-hybridized carbons (Fsp3) is 0.172. The molecular weight excluding hydrogens is 473 g/mol. The van der Waals surface area contributed by atoms with E-state index in [1.165, 1.54) is 30.3 Å². The van der Waals surface area contributed by atoms with E-state index in [0.717, 1.165) is 40.5 Å². The van der Waals surface area contributed by atoms with Crippen LogP contribution in [0.4, 0.5) is 4.39 Å². The average molecular weight is 500 g/mol. The second kappa shape index (κ2) is 10.3. The van der Waals surface area contributed by atoms with Crippen molar-refractivity contribution in [2.75, 3.05) is 6.54 Å². The lowest BCUT2D eigenvalue weighted by molar-refractivity contribution is -0.124. The first-order valence-electron chi connectivity index (χ1n) is 12.0. The number of aryl methyl sites for hydroxylation is 1. The van der Waals surface area contributed by atoms with E-state index < -0.39 is 5.91 Å². The SMILES string of the molecule is O=C(C=Cc1ccc2c(c1)CCC2N(CCc1c[nH]c2cc(F)ccc12)C(=O)c1ccc(O)cc1)NO. The minimum atomic E-state index is -0.607. The van der Waals surface area contributed by atoms with Crippen molar-refractivity contribution in [3.05, 3.63) is 107 Å². The normalized spacial score (nSPS) is 14.7.